The number of halogens is 1. The summed E-state index contributed by atoms with van der Waals surface area (Å²) in [6.07, 6.45) is 0.627. The maximum absolute atomic E-state index is 14.7. The molecule has 4 aromatic rings. The predicted octanol–water partition coefficient (Wildman–Crippen LogP) is 7.29. The highest BCUT2D eigenvalue weighted by atomic mass is 19.1. The maximum Gasteiger partial charge on any atom is 0.319 e. The van der Waals surface area contributed by atoms with Crippen LogP contribution in [0.25, 0.3) is 10.9 Å². The second-order valence-corrected chi connectivity index (χ2v) is 12.3. The minimum Gasteiger partial charge on any atom is -0.480 e. The predicted molar refractivity (Wildman–Crippen MR) is 174 cm³/mol. The van der Waals surface area contributed by atoms with E-state index in [1.54, 1.807) is 85.1 Å². The van der Waals surface area contributed by atoms with E-state index < -0.39 is 29.0 Å². The quantitative estimate of drug-likeness (QED) is 0.132. The van der Waals surface area contributed by atoms with Crippen molar-refractivity contribution in [3.8, 4) is 0 Å². The lowest BCUT2D eigenvalue weighted by Gasteiger charge is -2.25. The lowest BCUT2D eigenvalue weighted by molar-refractivity contribution is -0.154. The van der Waals surface area contributed by atoms with Crippen molar-refractivity contribution in [1.82, 2.24) is 4.57 Å². The summed E-state index contributed by atoms with van der Waals surface area (Å²) in [5, 5.41) is 18.8. The Morgan fingerprint density at radius 3 is 1.98 bits per heavy atom. The number of aliphatic carboxylic acids is 1. The fourth-order valence-electron chi connectivity index (χ4n) is 5.24. The van der Waals surface area contributed by atoms with E-state index in [2.05, 4.69) is 16.0 Å². The van der Waals surface area contributed by atoms with Gasteiger partial charge in [-0.3, -0.25) is 19.2 Å². The summed E-state index contributed by atoms with van der Waals surface area (Å²) in [5.74, 6) is -2.75. The normalized spacial score (nSPS) is 11.7. The maximum atomic E-state index is 14.7. The van der Waals surface area contributed by atoms with Gasteiger partial charge in [-0.2, -0.15) is 0 Å². The van der Waals surface area contributed by atoms with Crippen LogP contribution < -0.4 is 16.0 Å². The largest absolute Gasteiger partial charge is 0.480 e. The molecular formula is C35H39FN4O5. The number of carbonyl (C=O) groups excluding carboxylic acids is 3. The van der Waals surface area contributed by atoms with E-state index in [9.17, 15) is 28.7 Å². The van der Waals surface area contributed by atoms with Gasteiger partial charge in [-0.15, -0.1) is 0 Å². The van der Waals surface area contributed by atoms with Crippen molar-refractivity contribution in [3.63, 3.8) is 0 Å². The van der Waals surface area contributed by atoms with Crippen molar-refractivity contribution < 1.29 is 28.7 Å². The summed E-state index contributed by atoms with van der Waals surface area (Å²) in [5.41, 5.74) is 1.07. The number of amides is 3. The van der Waals surface area contributed by atoms with Gasteiger partial charge in [0.25, 0.3) is 5.91 Å². The number of nitrogens with zero attached hydrogens (tertiary/aromatic N) is 1. The number of anilines is 3. The molecule has 236 valence electrons. The smallest absolute Gasteiger partial charge is 0.319 e. The summed E-state index contributed by atoms with van der Waals surface area (Å²) in [7, 11) is 0. The van der Waals surface area contributed by atoms with Gasteiger partial charge in [0.1, 0.15) is 16.9 Å². The van der Waals surface area contributed by atoms with Crippen molar-refractivity contribution in [3.05, 3.63) is 89.9 Å². The van der Waals surface area contributed by atoms with Gasteiger partial charge in [0.15, 0.2) is 0 Å². The van der Waals surface area contributed by atoms with E-state index in [-0.39, 0.29) is 36.4 Å². The average molecular weight is 615 g/mol. The highest BCUT2D eigenvalue weighted by Crippen LogP contribution is 2.30. The monoisotopic (exact) mass is 614 g/mol. The van der Waals surface area contributed by atoms with E-state index in [1.807, 2.05) is 20.8 Å². The van der Waals surface area contributed by atoms with Gasteiger partial charge in [-0.25, -0.2) is 4.39 Å². The SMILES string of the molecule is CCC(CC)(C(=O)O)C(=O)Nc1ccc(NC(=O)c2cc3cc(NC(=O)CC(C)(C)C)ccc3n2Cc2ccccc2F)cc1. The number of benzene rings is 3. The number of hydrogen-bond donors (Lipinski definition) is 4. The molecule has 3 aromatic carbocycles. The van der Waals surface area contributed by atoms with Crippen LogP contribution in [0.1, 0.15) is 69.9 Å². The van der Waals surface area contributed by atoms with E-state index in [0.717, 1.165) is 0 Å². The third kappa shape index (κ3) is 7.57. The van der Waals surface area contributed by atoms with Crippen molar-refractivity contribution in [2.75, 3.05) is 16.0 Å². The van der Waals surface area contributed by atoms with Crippen molar-refractivity contribution >= 4 is 51.7 Å². The topological polar surface area (TPSA) is 130 Å². The molecule has 0 spiro atoms. The minimum absolute atomic E-state index is 0.0970. The van der Waals surface area contributed by atoms with Gasteiger partial charge in [0.2, 0.25) is 11.8 Å². The number of hydrogen-bond acceptors (Lipinski definition) is 4. The number of carbonyl (C=O) groups is 4. The molecule has 4 N–H and O–H groups in total. The summed E-state index contributed by atoms with van der Waals surface area (Å²) in [4.78, 5) is 50.8. The van der Waals surface area contributed by atoms with Gasteiger partial charge in [-0.1, -0.05) is 52.8 Å². The number of rotatable bonds is 11. The molecule has 0 saturated heterocycles. The van der Waals surface area contributed by atoms with Gasteiger partial charge < -0.3 is 25.6 Å². The first-order valence-electron chi connectivity index (χ1n) is 14.9. The fourth-order valence-corrected chi connectivity index (χ4v) is 5.24. The van der Waals surface area contributed by atoms with Crippen molar-refractivity contribution in [2.45, 2.75) is 60.4 Å². The lowest BCUT2D eigenvalue weighted by atomic mass is 9.81. The van der Waals surface area contributed by atoms with E-state index in [4.69, 9.17) is 0 Å². The summed E-state index contributed by atoms with van der Waals surface area (Å²) >= 11 is 0. The molecule has 0 bridgehead atoms. The Kier molecular flexibility index (Phi) is 9.75. The number of carboxylic acids is 1. The molecule has 0 fully saturated rings. The molecule has 0 aliphatic carbocycles. The Labute approximate surface area is 261 Å². The van der Waals surface area contributed by atoms with Crippen LogP contribution >= 0.6 is 0 Å². The van der Waals surface area contributed by atoms with Gasteiger partial charge in [-0.05, 0) is 72.9 Å². The fraction of sp³-hybridized carbons (Fsp3) is 0.314. The molecule has 1 aromatic heterocycles. The first-order valence-corrected chi connectivity index (χ1v) is 14.9. The van der Waals surface area contributed by atoms with Crippen molar-refractivity contribution in [1.29, 1.82) is 0 Å². The zero-order valence-corrected chi connectivity index (χ0v) is 26.2. The van der Waals surface area contributed by atoms with E-state index in [1.165, 1.54) is 6.07 Å². The lowest BCUT2D eigenvalue weighted by Crippen LogP contribution is -2.42. The Bertz CT molecular complexity index is 1730. The Morgan fingerprint density at radius 1 is 0.800 bits per heavy atom. The number of carboxylic acid groups (broad SMARTS) is 1. The van der Waals surface area contributed by atoms with Crippen LogP contribution in [0.5, 0.6) is 0 Å². The minimum atomic E-state index is -1.53. The van der Waals surface area contributed by atoms with Gasteiger partial charge in [0.05, 0.1) is 6.54 Å². The second kappa shape index (κ2) is 13.3. The highest BCUT2D eigenvalue weighted by Gasteiger charge is 2.42. The van der Waals surface area contributed by atoms with Crippen LogP contribution in [-0.4, -0.2) is 33.4 Å². The zero-order chi connectivity index (χ0) is 32.9. The van der Waals surface area contributed by atoms with Crippen LogP contribution in [0.4, 0.5) is 21.5 Å². The third-order valence-corrected chi connectivity index (χ3v) is 7.85. The number of nitrogens with one attached hydrogen (secondary N) is 3. The second-order valence-electron chi connectivity index (χ2n) is 12.3. The van der Waals surface area contributed by atoms with Gasteiger partial charge in [0, 0.05) is 39.9 Å². The Balaban J connectivity index is 1.60. The molecule has 10 heteroatoms. The summed E-state index contributed by atoms with van der Waals surface area (Å²) < 4.78 is 16.4. The van der Waals surface area contributed by atoms with Gasteiger partial charge >= 0.3 is 5.97 Å². The molecule has 0 atom stereocenters. The Hall–Kier alpha value is -4.99. The molecule has 0 radical (unpaired) electrons. The molecule has 0 unspecified atom stereocenters. The summed E-state index contributed by atoms with van der Waals surface area (Å²) in [6.45, 7) is 9.36. The molecule has 3 amide bonds. The zero-order valence-electron chi connectivity index (χ0n) is 26.2. The first kappa shape index (κ1) is 32.9. The molecule has 0 saturated carbocycles. The standard InChI is InChI=1S/C35H39FN4O5/c1-6-35(7-2,33(44)45)32(43)39-25-14-12-24(13-15-25)38-31(42)29-19-23-18-26(37-30(41)20-34(3,4)5)16-17-28(23)40(29)21-22-10-8-9-11-27(22)36/h8-19H,6-7,20-21H2,1-5H3,(H,37,41)(H,38,42)(H,39,43)(H,44,45). The third-order valence-electron chi connectivity index (χ3n) is 7.85. The Morgan fingerprint density at radius 2 is 1.40 bits per heavy atom. The van der Waals surface area contributed by atoms with Crippen molar-refractivity contribution in [2.24, 2.45) is 10.8 Å². The first-order chi connectivity index (χ1) is 21.3. The molecule has 4 rings (SSSR count). The molecule has 0 aliphatic rings. The molecule has 1 heterocycles. The molecule has 0 aliphatic heterocycles. The number of fused-ring (bicyclic) bond motifs is 1. The van der Waals surface area contributed by atoms with Crippen LogP contribution in [0.3, 0.4) is 0 Å². The van der Waals surface area contributed by atoms with E-state index >= 15 is 0 Å². The van der Waals surface area contributed by atoms with E-state index in [0.29, 0.717) is 39.9 Å². The number of aromatic nitrogens is 1. The molecule has 45 heavy (non-hydrogen) atoms. The highest BCUT2D eigenvalue weighted by molar-refractivity contribution is 6.09. The van der Waals surface area contributed by atoms with Crippen LogP contribution in [0.15, 0.2) is 72.8 Å². The molecule has 9 nitrogen and oxygen atoms in total. The average Bonchev–Trinajstić information content (AvgIpc) is 3.32. The van der Waals surface area contributed by atoms with Crippen LogP contribution in [0.2, 0.25) is 0 Å². The summed E-state index contributed by atoms with van der Waals surface area (Å²) in [6, 6.07) is 19.7. The van der Waals surface area contributed by atoms with Crippen LogP contribution in [0, 0.1) is 16.6 Å². The molecular weight excluding hydrogens is 575 g/mol. The van der Waals surface area contributed by atoms with Crippen LogP contribution in [-0.2, 0) is 20.9 Å².